The maximum absolute atomic E-state index is 12.3. The van der Waals surface area contributed by atoms with Crippen molar-refractivity contribution in [2.24, 2.45) is 0 Å². The Labute approximate surface area is 145 Å². The van der Waals surface area contributed by atoms with Gasteiger partial charge in [-0.1, -0.05) is 39.7 Å². The number of sulfone groups is 1. The van der Waals surface area contributed by atoms with Crippen molar-refractivity contribution in [3.05, 3.63) is 63.6 Å². The van der Waals surface area contributed by atoms with E-state index in [0.717, 1.165) is 10.0 Å². The van der Waals surface area contributed by atoms with E-state index in [-0.39, 0.29) is 5.75 Å². The molecule has 0 aromatic heterocycles. The highest BCUT2D eigenvalue weighted by Crippen LogP contribution is 2.16. The van der Waals surface area contributed by atoms with Crippen LogP contribution in [-0.4, -0.2) is 32.7 Å². The van der Waals surface area contributed by atoms with Gasteiger partial charge in [0.1, 0.15) is 0 Å². The molecule has 2 rings (SSSR count). The second-order valence-corrected chi connectivity index (χ2v) is 8.60. The van der Waals surface area contributed by atoms with Crippen molar-refractivity contribution in [2.45, 2.75) is 11.4 Å². The van der Waals surface area contributed by atoms with Crippen molar-refractivity contribution >= 4 is 37.4 Å². The lowest BCUT2D eigenvalue weighted by atomic mass is 10.2. The molecule has 0 aliphatic rings. The van der Waals surface area contributed by atoms with Crippen LogP contribution >= 0.6 is 27.5 Å². The van der Waals surface area contributed by atoms with Crippen molar-refractivity contribution < 1.29 is 8.42 Å². The van der Waals surface area contributed by atoms with E-state index in [4.69, 9.17) is 11.6 Å². The minimum atomic E-state index is -3.28. The molecule has 3 nitrogen and oxygen atoms in total. The van der Waals surface area contributed by atoms with Crippen LogP contribution in [0.4, 0.5) is 0 Å². The zero-order chi connectivity index (χ0) is 16.2. The average Bonchev–Trinajstić information content (AvgIpc) is 2.48. The molecule has 0 saturated carbocycles. The van der Waals surface area contributed by atoms with E-state index in [0.29, 0.717) is 23.0 Å². The molecule has 0 saturated heterocycles. The van der Waals surface area contributed by atoms with Gasteiger partial charge in [-0.05, 0) is 49.0 Å². The van der Waals surface area contributed by atoms with Gasteiger partial charge in [-0.2, -0.15) is 0 Å². The summed E-state index contributed by atoms with van der Waals surface area (Å²) in [6, 6.07) is 14.3. The van der Waals surface area contributed by atoms with Gasteiger partial charge in [-0.15, -0.1) is 0 Å². The summed E-state index contributed by atoms with van der Waals surface area (Å²) in [4.78, 5) is 2.31. The Bertz CT molecular complexity index is 715. The van der Waals surface area contributed by atoms with Gasteiger partial charge in [0.05, 0.1) is 10.6 Å². The third-order valence-electron chi connectivity index (χ3n) is 3.28. The van der Waals surface area contributed by atoms with Gasteiger partial charge >= 0.3 is 0 Å². The van der Waals surface area contributed by atoms with Gasteiger partial charge in [0, 0.05) is 22.6 Å². The van der Waals surface area contributed by atoms with E-state index in [1.165, 1.54) is 0 Å². The quantitative estimate of drug-likeness (QED) is 0.732. The van der Waals surface area contributed by atoms with Gasteiger partial charge in [0.2, 0.25) is 0 Å². The average molecular weight is 403 g/mol. The Morgan fingerprint density at radius 1 is 1.05 bits per heavy atom. The van der Waals surface area contributed by atoms with Crippen molar-refractivity contribution in [1.29, 1.82) is 0 Å². The molecule has 2 aromatic rings. The van der Waals surface area contributed by atoms with Crippen LogP contribution in [0.5, 0.6) is 0 Å². The van der Waals surface area contributed by atoms with E-state index in [9.17, 15) is 8.42 Å². The maximum Gasteiger partial charge on any atom is 0.179 e. The Hall–Kier alpha value is -0.880. The van der Waals surface area contributed by atoms with E-state index < -0.39 is 9.84 Å². The number of benzene rings is 2. The Kier molecular flexibility index (Phi) is 6.03. The fraction of sp³-hybridized carbons (Fsp3) is 0.250. The third kappa shape index (κ3) is 5.09. The number of rotatable bonds is 6. The Balaban J connectivity index is 1.93. The summed E-state index contributed by atoms with van der Waals surface area (Å²) in [5.41, 5.74) is 1.15. The van der Waals surface area contributed by atoms with Gasteiger partial charge in [0.15, 0.2) is 9.84 Å². The van der Waals surface area contributed by atoms with Crippen molar-refractivity contribution in [1.82, 2.24) is 4.90 Å². The molecule has 0 bridgehead atoms. The molecular formula is C16H17BrClNO2S. The first-order chi connectivity index (χ1) is 10.4. The summed E-state index contributed by atoms with van der Waals surface area (Å²) in [6.45, 7) is 1.18. The molecule has 0 fully saturated rings. The molecule has 0 radical (unpaired) electrons. The van der Waals surface area contributed by atoms with Crippen LogP contribution in [0.15, 0.2) is 57.9 Å². The summed E-state index contributed by atoms with van der Waals surface area (Å²) in [5.74, 6) is 0.0850. The maximum atomic E-state index is 12.3. The normalized spacial score (nSPS) is 11.8. The van der Waals surface area contributed by atoms with Gasteiger partial charge < -0.3 is 4.90 Å². The first-order valence-corrected chi connectivity index (χ1v) is 9.60. The van der Waals surface area contributed by atoms with E-state index in [1.54, 1.807) is 24.3 Å². The number of nitrogens with zero attached hydrogens (tertiary/aromatic N) is 1. The largest absolute Gasteiger partial charge is 0.301 e. The molecule has 0 aliphatic carbocycles. The summed E-state index contributed by atoms with van der Waals surface area (Å²) < 4.78 is 25.6. The van der Waals surface area contributed by atoms with Crippen LogP contribution in [0.25, 0.3) is 0 Å². The molecule has 0 N–H and O–H groups in total. The second-order valence-electron chi connectivity index (χ2n) is 5.14. The highest BCUT2D eigenvalue weighted by Gasteiger charge is 2.15. The lowest BCUT2D eigenvalue weighted by Crippen LogP contribution is -2.25. The molecule has 0 amide bonds. The highest BCUT2D eigenvalue weighted by molar-refractivity contribution is 9.10. The second kappa shape index (κ2) is 7.59. The molecule has 0 unspecified atom stereocenters. The zero-order valence-corrected chi connectivity index (χ0v) is 15.3. The molecule has 2 aromatic carbocycles. The summed E-state index contributed by atoms with van der Waals surface area (Å²) in [7, 11) is -1.36. The molecule has 118 valence electrons. The Morgan fingerprint density at radius 2 is 1.64 bits per heavy atom. The third-order valence-corrected chi connectivity index (χ3v) is 5.77. The predicted molar refractivity (Wildman–Crippen MR) is 94.0 cm³/mol. The molecule has 6 heteroatoms. The standard InChI is InChI=1S/C16H17BrClNO2S/c1-19(12-13-2-4-14(17)5-3-13)10-11-22(20,21)16-8-6-15(18)7-9-16/h2-9H,10-12H2,1H3. The van der Waals surface area contributed by atoms with Crippen LogP contribution in [0.3, 0.4) is 0 Å². The summed E-state index contributed by atoms with van der Waals surface area (Å²) in [6.07, 6.45) is 0. The fourth-order valence-corrected chi connectivity index (χ4v) is 3.75. The fourth-order valence-electron chi connectivity index (χ4n) is 2.02. The molecule has 0 heterocycles. The minimum absolute atomic E-state index is 0.0850. The number of halogens is 2. The molecule has 0 spiro atoms. The van der Waals surface area contributed by atoms with Crippen molar-refractivity contribution in [3.8, 4) is 0 Å². The molecular weight excluding hydrogens is 386 g/mol. The summed E-state index contributed by atoms with van der Waals surface area (Å²) >= 11 is 9.18. The van der Waals surface area contributed by atoms with Crippen LogP contribution in [0.2, 0.25) is 5.02 Å². The Morgan fingerprint density at radius 3 is 2.23 bits per heavy atom. The zero-order valence-electron chi connectivity index (χ0n) is 12.2. The lowest BCUT2D eigenvalue weighted by molar-refractivity contribution is 0.346. The van der Waals surface area contributed by atoms with Crippen LogP contribution < -0.4 is 0 Å². The molecule has 22 heavy (non-hydrogen) atoms. The first-order valence-electron chi connectivity index (χ1n) is 6.78. The monoisotopic (exact) mass is 401 g/mol. The molecule has 0 atom stereocenters. The summed E-state index contributed by atoms with van der Waals surface area (Å²) in [5, 5.41) is 0.534. The van der Waals surface area contributed by atoms with Gasteiger partial charge in [-0.25, -0.2) is 8.42 Å². The van der Waals surface area contributed by atoms with Crippen LogP contribution in [0, 0.1) is 0 Å². The molecule has 0 aliphatic heterocycles. The first kappa shape index (κ1) is 17.5. The van der Waals surface area contributed by atoms with E-state index in [2.05, 4.69) is 15.9 Å². The SMILES string of the molecule is CN(CCS(=O)(=O)c1ccc(Cl)cc1)Cc1ccc(Br)cc1. The lowest BCUT2D eigenvalue weighted by Gasteiger charge is -2.16. The van der Waals surface area contributed by atoms with Crippen LogP contribution in [0.1, 0.15) is 5.56 Å². The smallest absolute Gasteiger partial charge is 0.179 e. The van der Waals surface area contributed by atoms with E-state index in [1.807, 2.05) is 36.2 Å². The van der Waals surface area contributed by atoms with E-state index >= 15 is 0 Å². The van der Waals surface area contributed by atoms with Gasteiger partial charge in [-0.3, -0.25) is 0 Å². The van der Waals surface area contributed by atoms with Crippen molar-refractivity contribution in [2.75, 3.05) is 19.3 Å². The predicted octanol–water partition coefficient (Wildman–Crippen LogP) is 4.01. The van der Waals surface area contributed by atoms with Crippen molar-refractivity contribution in [3.63, 3.8) is 0 Å². The number of hydrogen-bond donors (Lipinski definition) is 0. The minimum Gasteiger partial charge on any atom is -0.301 e. The van der Waals surface area contributed by atoms with Gasteiger partial charge in [0.25, 0.3) is 0 Å². The highest BCUT2D eigenvalue weighted by atomic mass is 79.9. The topological polar surface area (TPSA) is 37.4 Å². The van der Waals surface area contributed by atoms with Crippen LogP contribution in [-0.2, 0) is 16.4 Å². The number of hydrogen-bond acceptors (Lipinski definition) is 3.